The van der Waals surface area contributed by atoms with E-state index >= 15 is 0 Å². The summed E-state index contributed by atoms with van der Waals surface area (Å²) >= 11 is 6.89. The molecule has 3 aromatic rings. The zero-order chi connectivity index (χ0) is 19.0. The predicted octanol–water partition coefficient (Wildman–Crippen LogP) is 4.35. The Labute approximate surface area is 166 Å². The molecule has 1 fully saturated rings. The summed E-state index contributed by atoms with van der Waals surface area (Å²) in [5, 5.41) is 4.96. The Morgan fingerprint density at radius 1 is 1.11 bits per heavy atom. The van der Waals surface area contributed by atoms with Crippen molar-refractivity contribution in [1.29, 1.82) is 0 Å². The molecule has 1 aromatic heterocycles. The van der Waals surface area contributed by atoms with Gasteiger partial charge in [0.05, 0.1) is 4.34 Å². The molecule has 1 atom stereocenters. The van der Waals surface area contributed by atoms with E-state index in [2.05, 4.69) is 5.32 Å². The normalized spacial score (nSPS) is 18.0. The standard InChI is InChI=1S/C19H17ClN2O3S2/c20-17-9-10-18(26-17)27(24,25)22-11-3-6-16(22)19(23)21-15-8-7-13-4-1-2-5-14(13)12-15/h1-2,4-5,7-10,12,16H,3,6,11H2,(H,21,23)/t16-/m0/s1. The van der Waals surface area contributed by atoms with Crippen LogP contribution in [-0.4, -0.2) is 31.2 Å². The lowest BCUT2D eigenvalue weighted by Crippen LogP contribution is -2.42. The number of anilines is 1. The first-order chi connectivity index (χ1) is 12.9. The fourth-order valence-corrected chi connectivity index (χ4v) is 6.60. The second-order valence-corrected chi connectivity index (χ2v) is 10.2. The molecule has 0 saturated carbocycles. The number of hydrogen-bond acceptors (Lipinski definition) is 4. The molecule has 5 nitrogen and oxygen atoms in total. The largest absolute Gasteiger partial charge is 0.325 e. The quantitative estimate of drug-likeness (QED) is 0.682. The van der Waals surface area contributed by atoms with Crippen molar-refractivity contribution in [3.05, 3.63) is 58.9 Å². The molecule has 1 amide bonds. The van der Waals surface area contributed by atoms with Crippen LogP contribution < -0.4 is 5.32 Å². The van der Waals surface area contributed by atoms with Gasteiger partial charge in [0, 0.05) is 12.2 Å². The fourth-order valence-electron chi connectivity index (χ4n) is 3.33. The number of hydrogen-bond donors (Lipinski definition) is 1. The minimum absolute atomic E-state index is 0.165. The van der Waals surface area contributed by atoms with Gasteiger partial charge in [0.1, 0.15) is 10.3 Å². The number of thiophene rings is 1. The van der Waals surface area contributed by atoms with Crippen LogP contribution in [0.2, 0.25) is 4.34 Å². The zero-order valence-corrected chi connectivity index (χ0v) is 16.7. The van der Waals surface area contributed by atoms with E-state index in [0.29, 0.717) is 29.4 Å². The van der Waals surface area contributed by atoms with Gasteiger partial charge >= 0.3 is 0 Å². The zero-order valence-electron chi connectivity index (χ0n) is 14.3. The average molecular weight is 421 g/mol. The number of carbonyl (C=O) groups excluding carboxylic acids is 1. The summed E-state index contributed by atoms with van der Waals surface area (Å²) in [6.45, 7) is 0.327. The van der Waals surface area contributed by atoms with Crippen molar-refractivity contribution in [1.82, 2.24) is 4.31 Å². The van der Waals surface area contributed by atoms with Crippen molar-refractivity contribution in [2.24, 2.45) is 0 Å². The maximum absolute atomic E-state index is 12.9. The maximum atomic E-state index is 12.9. The topological polar surface area (TPSA) is 66.5 Å². The van der Waals surface area contributed by atoms with E-state index in [-0.39, 0.29) is 10.1 Å². The van der Waals surface area contributed by atoms with Crippen LogP contribution in [0, 0.1) is 0 Å². The average Bonchev–Trinajstić information content (AvgIpc) is 3.31. The molecule has 0 radical (unpaired) electrons. The number of nitrogens with zero attached hydrogens (tertiary/aromatic N) is 1. The smallest absolute Gasteiger partial charge is 0.253 e. The van der Waals surface area contributed by atoms with Crippen molar-refractivity contribution in [2.45, 2.75) is 23.1 Å². The molecule has 4 rings (SSSR count). The van der Waals surface area contributed by atoms with E-state index in [1.807, 2.05) is 42.5 Å². The molecule has 0 bridgehead atoms. The van der Waals surface area contributed by atoms with Gasteiger partial charge in [0.15, 0.2) is 0 Å². The first-order valence-corrected chi connectivity index (χ1v) is 11.2. The van der Waals surface area contributed by atoms with Crippen LogP contribution >= 0.6 is 22.9 Å². The van der Waals surface area contributed by atoms with E-state index in [0.717, 1.165) is 22.1 Å². The molecule has 2 heterocycles. The Kier molecular flexibility index (Phi) is 4.94. The SMILES string of the molecule is O=C(Nc1ccc2ccccc2c1)[C@@H]1CCCN1S(=O)(=O)c1ccc(Cl)s1. The van der Waals surface area contributed by atoms with Crippen LogP contribution in [0.15, 0.2) is 58.8 Å². The van der Waals surface area contributed by atoms with Crippen LogP contribution in [-0.2, 0) is 14.8 Å². The third-order valence-electron chi connectivity index (χ3n) is 4.63. The molecule has 8 heteroatoms. The number of nitrogens with one attached hydrogen (secondary N) is 1. The molecule has 27 heavy (non-hydrogen) atoms. The highest BCUT2D eigenvalue weighted by molar-refractivity contribution is 7.91. The first kappa shape index (κ1) is 18.4. The van der Waals surface area contributed by atoms with Crippen molar-refractivity contribution in [3.8, 4) is 0 Å². The van der Waals surface area contributed by atoms with Crippen molar-refractivity contribution in [3.63, 3.8) is 0 Å². The molecule has 0 spiro atoms. The second kappa shape index (κ2) is 7.24. The van der Waals surface area contributed by atoms with Crippen molar-refractivity contribution >= 4 is 55.3 Å². The molecule has 1 N–H and O–H groups in total. The number of benzene rings is 2. The predicted molar refractivity (Wildman–Crippen MR) is 109 cm³/mol. The Balaban J connectivity index is 1.56. The molecule has 140 valence electrons. The number of fused-ring (bicyclic) bond motifs is 1. The molecule has 1 aliphatic rings. The summed E-state index contributed by atoms with van der Waals surface area (Å²) in [6.07, 6.45) is 1.14. The highest BCUT2D eigenvalue weighted by atomic mass is 35.5. The third-order valence-corrected chi connectivity index (χ3v) is 8.24. The van der Waals surface area contributed by atoms with Crippen molar-refractivity contribution in [2.75, 3.05) is 11.9 Å². The lowest BCUT2D eigenvalue weighted by Gasteiger charge is -2.22. The highest BCUT2D eigenvalue weighted by Crippen LogP contribution is 2.32. The van der Waals surface area contributed by atoms with Gasteiger partial charge in [-0.1, -0.05) is 41.9 Å². The Morgan fingerprint density at radius 2 is 1.89 bits per heavy atom. The molecule has 0 aliphatic carbocycles. The van der Waals surface area contributed by atoms with Crippen LogP contribution in [0.3, 0.4) is 0 Å². The van der Waals surface area contributed by atoms with Gasteiger partial charge in [0.2, 0.25) is 5.91 Å². The summed E-state index contributed by atoms with van der Waals surface area (Å²) in [6, 6.07) is 15.8. The van der Waals surface area contributed by atoms with Gasteiger partial charge in [-0.2, -0.15) is 4.31 Å². The Morgan fingerprint density at radius 3 is 2.63 bits per heavy atom. The summed E-state index contributed by atoms with van der Waals surface area (Å²) in [7, 11) is -3.73. The number of rotatable bonds is 4. The summed E-state index contributed by atoms with van der Waals surface area (Å²) in [4.78, 5) is 12.8. The lowest BCUT2D eigenvalue weighted by molar-refractivity contribution is -0.119. The van der Waals surface area contributed by atoms with E-state index in [9.17, 15) is 13.2 Å². The molecular weight excluding hydrogens is 404 g/mol. The number of carbonyl (C=O) groups is 1. The minimum atomic E-state index is -3.73. The molecule has 2 aromatic carbocycles. The van der Waals surface area contributed by atoms with Crippen molar-refractivity contribution < 1.29 is 13.2 Å². The summed E-state index contributed by atoms with van der Waals surface area (Å²) < 4.78 is 27.6. The Hall–Kier alpha value is -1.93. The van der Waals surface area contributed by atoms with Gasteiger partial charge in [-0.05, 0) is 47.9 Å². The first-order valence-electron chi connectivity index (χ1n) is 8.52. The van der Waals surface area contributed by atoms with Crippen LogP contribution in [0.1, 0.15) is 12.8 Å². The van der Waals surface area contributed by atoms with E-state index in [1.54, 1.807) is 6.07 Å². The van der Waals surface area contributed by atoms with E-state index in [4.69, 9.17) is 11.6 Å². The number of halogens is 1. The summed E-state index contributed by atoms with van der Waals surface area (Å²) in [5.74, 6) is -0.311. The molecular formula is C19H17ClN2O3S2. The second-order valence-electron chi connectivity index (χ2n) is 6.38. The molecule has 1 saturated heterocycles. The fraction of sp³-hybridized carbons (Fsp3) is 0.211. The van der Waals surface area contributed by atoms with Gasteiger partial charge in [-0.3, -0.25) is 4.79 Å². The Bertz CT molecular complexity index is 1110. The highest BCUT2D eigenvalue weighted by Gasteiger charge is 2.40. The maximum Gasteiger partial charge on any atom is 0.253 e. The molecule has 0 unspecified atom stereocenters. The van der Waals surface area contributed by atoms with E-state index in [1.165, 1.54) is 10.4 Å². The van der Waals surface area contributed by atoms with Gasteiger partial charge in [0.25, 0.3) is 10.0 Å². The van der Waals surface area contributed by atoms with Crippen LogP contribution in [0.5, 0.6) is 0 Å². The van der Waals surface area contributed by atoms with Gasteiger partial charge in [-0.25, -0.2) is 8.42 Å². The monoisotopic (exact) mass is 420 g/mol. The third kappa shape index (κ3) is 3.60. The molecule has 1 aliphatic heterocycles. The number of amides is 1. The van der Waals surface area contributed by atoms with Gasteiger partial charge < -0.3 is 5.32 Å². The minimum Gasteiger partial charge on any atom is -0.325 e. The van der Waals surface area contributed by atoms with E-state index < -0.39 is 16.1 Å². The van der Waals surface area contributed by atoms with Crippen LogP contribution in [0.25, 0.3) is 10.8 Å². The lowest BCUT2D eigenvalue weighted by atomic mass is 10.1. The van der Waals surface area contributed by atoms with Crippen LogP contribution in [0.4, 0.5) is 5.69 Å². The van der Waals surface area contributed by atoms with Gasteiger partial charge in [-0.15, -0.1) is 11.3 Å². The number of sulfonamides is 1. The summed E-state index contributed by atoms with van der Waals surface area (Å²) in [5.41, 5.74) is 0.655.